The van der Waals surface area contributed by atoms with Gasteiger partial charge in [-0.15, -0.1) is 0 Å². The van der Waals surface area contributed by atoms with Crippen LogP contribution in [0.4, 0.5) is 0 Å². The zero-order valence-corrected chi connectivity index (χ0v) is 16.7. The van der Waals surface area contributed by atoms with Crippen LogP contribution < -0.4 is 9.47 Å². The standard InChI is InChI=1S/C20H31NO6/c1-5-25-20(23)11-13-21(12-8-14-26-16(2)3)19(22)15-27-18-10-7-6-9-17(18)24-4/h6-7,9-10,16H,5,8,11-15H2,1-4H3. The zero-order chi connectivity index (χ0) is 20.1. The third kappa shape index (κ3) is 9.28. The molecule has 0 fully saturated rings. The second kappa shape index (κ2) is 13.0. The van der Waals surface area contributed by atoms with Crippen LogP contribution in [0, 0.1) is 0 Å². The lowest BCUT2D eigenvalue weighted by molar-refractivity contribution is -0.144. The molecule has 1 amide bonds. The summed E-state index contributed by atoms with van der Waals surface area (Å²) in [6.07, 6.45) is 0.975. The molecule has 1 aromatic rings. The van der Waals surface area contributed by atoms with Gasteiger partial charge in [-0.05, 0) is 39.3 Å². The summed E-state index contributed by atoms with van der Waals surface area (Å²) in [6.45, 7) is 7.20. The molecule has 0 N–H and O–H groups in total. The first-order valence-electron chi connectivity index (χ1n) is 9.28. The van der Waals surface area contributed by atoms with Gasteiger partial charge >= 0.3 is 5.97 Å². The first-order valence-corrected chi connectivity index (χ1v) is 9.28. The van der Waals surface area contributed by atoms with Crippen LogP contribution in [-0.4, -0.2) is 62.9 Å². The highest BCUT2D eigenvalue weighted by Crippen LogP contribution is 2.25. The fourth-order valence-electron chi connectivity index (χ4n) is 2.36. The average Bonchev–Trinajstić information content (AvgIpc) is 2.65. The van der Waals surface area contributed by atoms with E-state index in [1.54, 1.807) is 31.1 Å². The number of amides is 1. The lowest BCUT2D eigenvalue weighted by Crippen LogP contribution is -2.38. The molecule has 0 unspecified atom stereocenters. The van der Waals surface area contributed by atoms with E-state index in [1.807, 2.05) is 26.0 Å². The number of esters is 1. The number of hydrogen-bond donors (Lipinski definition) is 0. The quantitative estimate of drug-likeness (QED) is 0.386. The molecule has 7 nitrogen and oxygen atoms in total. The van der Waals surface area contributed by atoms with Crippen LogP contribution in [0.3, 0.4) is 0 Å². The minimum absolute atomic E-state index is 0.131. The van der Waals surface area contributed by atoms with Gasteiger partial charge < -0.3 is 23.8 Å². The molecule has 0 radical (unpaired) electrons. The Morgan fingerprint density at radius 3 is 2.44 bits per heavy atom. The van der Waals surface area contributed by atoms with Gasteiger partial charge in [0.25, 0.3) is 5.91 Å². The van der Waals surface area contributed by atoms with E-state index < -0.39 is 0 Å². The third-order valence-electron chi connectivity index (χ3n) is 3.69. The second-order valence-electron chi connectivity index (χ2n) is 6.15. The van der Waals surface area contributed by atoms with E-state index in [0.29, 0.717) is 37.7 Å². The molecule has 0 aliphatic rings. The van der Waals surface area contributed by atoms with Crippen molar-refractivity contribution >= 4 is 11.9 Å². The van der Waals surface area contributed by atoms with Crippen LogP contribution in [0.5, 0.6) is 11.5 Å². The molecule has 1 rings (SSSR count). The Hall–Kier alpha value is -2.28. The Morgan fingerprint density at radius 2 is 1.81 bits per heavy atom. The molecule has 0 heterocycles. The highest BCUT2D eigenvalue weighted by Gasteiger charge is 2.17. The molecule has 1 aromatic carbocycles. The number of ether oxygens (including phenoxy) is 4. The molecule has 0 aromatic heterocycles. The number of methoxy groups -OCH3 is 1. The number of para-hydroxylation sites is 2. The van der Waals surface area contributed by atoms with Crippen molar-refractivity contribution in [2.75, 3.05) is 40.0 Å². The number of nitrogens with zero attached hydrogens (tertiary/aromatic N) is 1. The minimum Gasteiger partial charge on any atom is -0.493 e. The molecule has 7 heteroatoms. The van der Waals surface area contributed by atoms with Crippen molar-refractivity contribution in [1.29, 1.82) is 0 Å². The summed E-state index contributed by atoms with van der Waals surface area (Å²) < 4.78 is 21.3. The Labute approximate surface area is 161 Å². The monoisotopic (exact) mass is 381 g/mol. The largest absolute Gasteiger partial charge is 0.493 e. The summed E-state index contributed by atoms with van der Waals surface area (Å²) in [5.41, 5.74) is 0. The number of carbonyl (C=O) groups is 2. The van der Waals surface area contributed by atoms with Gasteiger partial charge in [-0.2, -0.15) is 0 Å². The highest BCUT2D eigenvalue weighted by molar-refractivity contribution is 5.78. The second-order valence-corrected chi connectivity index (χ2v) is 6.15. The van der Waals surface area contributed by atoms with Gasteiger partial charge in [-0.25, -0.2) is 0 Å². The SMILES string of the molecule is CCOC(=O)CCN(CCCOC(C)C)C(=O)COc1ccccc1OC. The van der Waals surface area contributed by atoms with Crippen molar-refractivity contribution in [3.63, 3.8) is 0 Å². The number of benzene rings is 1. The topological polar surface area (TPSA) is 74.3 Å². The highest BCUT2D eigenvalue weighted by atomic mass is 16.5. The lowest BCUT2D eigenvalue weighted by Gasteiger charge is -2.23. The molecule has 0 bridgehead atoms. The Bertz CT molecular complexity index is 575. The molecule has 0 aliphatic heterocycles. The Balaban J connectivity index is 2.59. The molecular weight excluding hydrogens is 350 g/mol. The summed E-state index contributed by atoms with van der Waals surface area (Å²) in [6, 6.07) is 7.14. The molecule has 0 atom stereocenters. The van der Waals surface area contributed by atoms with Crippen molar-refractivity contribution in [3.8, 4) is 11.5 Å². The van der Waals surface area contributed by atoms with Gasteiger partial charge in [0.05, 0.1) is 26.2 Å². The van der Waals surface area contributed by atoms with Gasteiger partial charge in [-0.3, -0.25) is 9.59 Å². The predicted octanol–water partition coefficient (Wildman–Crippen LogP) is 2.67. The van der Waals surface area contributed by atoms with Crippen LogP contribution >= 0.6 is 0 Å². The number of hydrogen-bond acceptors (Lipinski definition) is 6. The smallest absolute Gasteiger partial charge is 0.307 e. The van der Waals surface area contributed by atoms with Gasteiger partial charge in [0.15, 0.2) is 18.1 Å². The maximum atomic E-state index is 12.6. The van der Waals surface area contributed by atoms with E-state index in [4.69, 9.17) is 18.9 Å². The number of carbonyl (C=O) groups excluding carboxylic acids is 2. The van der Waals surface area contributed by atoms with Crippen LogP contribution in [0.15, 0.2) is 24.3 Å². The minimum atomic E-state index is -0.320. The van der Waals surface area contributed by atoms with Crippen molar-refractivity contribution in [1.82, 2.24) is 4.90 Å². The molecule has 152 valence electrons. The first-order chi connectivity index (χ1) is 13.0. The van der Waals surface area contributed by atoms with E-state index in [0.717, 1.165) is 0 Å². The summed E-state index contributed by atoms with van der Waals surface area (Å²) >= 11 is 0. The van der Waals surface area contributed by atoms with Gasteiger partial charge in [0, 0.05) is 19.7 Å². The van der Waals surface area contributed by atoms with Crippen LogP contribution in [0.25, 0.3) is 0 Å². The van der Waals surface area contributed by atoms with E-state index in [1.165, 1.54) is 0 Å². The first kappa shape index (κ1) is 22.8. The van der Waals surface area contributed by atoms with Crippen LogP contribution in [0.1, 0.15) is 33.6 Å². The van der Waals surface area contributed by atoms with Crippen LogP contribution in [-0.2, 0) is 19.1 Å². The third-order valence-corrected chi connectivity index (χ3v) is 3.69. The van der Waals surface area contributed by atoms with E-state index in [-0.39, 0.29) is 37.6 Å². The summed E-state index contributed by atoms with van der Waals surface area (Å²) in [4.78, 5) is 25.8. The molecule has 0 spiro atoms. The summed E-state index contributed by atoms with van der Waals surface area (Å²) in [5, 5.41) is 0. The molecule has 27 heavy (non-hydrogen) atoms. The molecule has 0 saturated heterocycles. The molecular formula is C20H31NO6. The Morgan fingerprint density at radius 1 is 1.11 bits per heavy atom. The maximum absolute atomic E-state index is 12.6. The summed E-state index contributed by atoms with van der Waals surface area (Å²) in [7, 11) is 1.55. The van der Waals surface area contributed by atoms with E-state index in [9.17, 15) is 9.59 Å². The van der Waals surface area contributed by atoms with Crippen molar-refractivity contribution < 1.29 is 28.5 Å². The van der Waals surface area contributed by atoms with Crippen molar-refractivity contribution in [2.45, 2.75) is 39.7 Å². The van der Waals surface area contributed by atoms with Gasteiger partial charge in [0.1, 0.15) is 0 Å². The fraction of sp³-hybridized carbons (Fsp3) is 0.600. The van der Waals surface area contributed by atoms with Crippen molar-refractivity contribution in [3.05, 3.63) is 24.3 Å². The molecule has 0 aliphatic carbocycles. The maximum Gasteiger partial charge on any atom is 0.307 e. The van der Waals surface area contributed by atoms with Gasteiger partial charge in [0.2, 0.25) is 0 Å². The normalized spacial score (nSPS) is 10.6. The number of rotatable bonds is 13. The molecule has 0 saturated carbocycles. The van der Waals surface area contributed by atoms with E-state index in [2.05, 4.69) is 0 Å². The predicted molar refractivity (Wildman–Crippen MR) is 102 cm³/mol. The van der Waals surface area contributed by atoms with Gasteiger partial charge in [-0.1, -0.05) is 12.1 Å². The van der Waals surface area contributed by atoms with Crippen LogP contribution in [0.2, 0.25) is 0 Å². The zero-order valence-electron chi connectivity index (χ0n) is 16.7. The van der Waals surface area contributed by atoms with E-state index >= 15 is 0 Å². The lowest BCUT2D eigenvalue weighted by atomic mass is 10.3. The average molecular weight is 381 g/mol. The summed E-state index contributed by atoms with van der Waals surface area (Å²) in [5.74, 6) is 0.546. The fourth-order valence-corrected chi connectivity index (χ4v) is 2.36. The Kier molecular flexibility index (Phi) is 10.9. The van der Waals surface area contributed by atoms with Crippen molar-refractivity contribution in [2.24, 2.45) is 0 Å².